The lowest BCUT2D eigenvalue weighted by Gasteiger charge is -2.21. The van der Waals surface area contributed by atoms with E-state index in [9.17, 15) is 9.59 Å². The number of carboxylic acids is 1. The second-order valence-corrected chi connectivity index (χ2v) is 4.22. The van der Waals surface area contributed by atoms with Gasteiger partial charge in [-0.3, -0.25) is 4.79 Å². The number of carbonyl (C=O) groups excluding carboxylic acids is 1. The number of likely N-dealkylation sites (N-methyl/N-ethyl adjacent to an activating group) is 1. The molecule has 0 aromatic carbocycles. The maximum absolute atomic E-state index is 11.1. The monoisotopic (exact) mass is 228 g/mol. The Kier molecular flexibility index (Phi) is 3.41. The van der Waals surface area contributed by atoms with Gasteiger partial charge in [0, 0.05) is 19.4 Å². The normalized spacial score (nSPS) is 12.2. The predicted molar refractivity (Wildman–Crippen MR) is 55.7 cm³/mol. The molecule has 0 saturated carbocycles. The zero-order chi connectivity index (χ0) is 11.6. The van der Waals surface area contributed by atoms with Crippen molar-refractivity contribution in [3.05, 3.63) is 16.1 Å². The average molecular weight is 228 g/mol. The molecule has 15 heavy (non-hydrogen) atoms. The Morgan fingerprint density at radius 2 is 2.20 bits per heavy atom. The lowest BCUT2D eigenvalue weighted by Crippen LogP contribution is -2.34. The third-order valence-electron chi connectivity index (χ3n) is 2.03. The fourth-order valence-corrected chi connectivity index (χ4v) is 1.81. The van der Waals surface area contributed by atoms with Crippen LogP contribution in [0.3, 0.4) is 0 Å². The standard InChI is InChI=1S/C9H12N2O3S/c1-5-10-7(4-15-5)8(9(13)14)11(3)6(2)12/h4,8H,1-3H3,(H,13,14). The first-order chi connectivity index (χ1) is 6.93. The van der Waals surface area contributed by atoms with Crippen molar-refractivity contribution < 1.29 is 14.7 Å². The Morgan fingerprint density at radius 3 is 2.53 bits per heavy atom. The molecule has 5 nitrogen and oxygen atoms in total. The highest BCUT2D eigenvalue weighted by molar-refractivity contribution is 7.09. The van der Waals surface area contributed by atoms with Crippen LogP contribution in [0.4, 0.5) is 0 Å². The molecule has 1 amide bonds. The summed E-state index contributed by atoms with van der Waals surface area (Å²) in [7, 11) is 1.45. The van der Waals surface area contributed by atoms with Crippen molar-refractivity contribution in [3.8, 4) is 0 Å². The van der Waals surface area contributed by atoms with Crippen LogP contribution in [0.15, 0.2) is 5.38 Å². The van der Waals surface area contributed by atoms with Gasteiger partial charge >= 0.3 is 5.97 Å². The number of hydrogen-bond donors (Lipinski definition) is 1. The molecule has 1 aromatic rings. The van der Waals surface area contributed by atoms with E-state index in [2.05, 4.69) is 4.98 Å². The summed E-state index contributed by atoms with van der Waals surface area (Å²) in [5, 5.41) is 11.5. The Morgan fingerprint density at radius 1 is 1.60 bits per heavy atom. The molecule has 0 fully saturated rings. The van der Waals surface area contributed by atoms with Crippen molar-refractivity contribution >= 4 is 23.2 Å². The predicted octanol–water partition coefficient (Wildman–Crippen LogP) is 1.06. The first-order valence-corrected chi connectivity index (χ1v) is 5.19. The van der Waals surface area contributed by atoms with Crippen molar-refractivity contribution in [2.24, 2.45) is 0 Å². The van der Waals surface area contributed by atoms with Gasteiger partial charge in [0.05, 0.1) is 10.7 Å². The van der Waals surface area contributed by atoms with Crippen LogP contribution < -0.4 is 0 Å². The molecule has 0 bridgehead atoms. The minimum atomic E-state index is -1.07. The quantitative estimate of drug-likeness (QED) is 0.839. The van der Waals surface area contributed by atoms with Gasteiger partial charge < -0.3 is 10.0 Å². The second kappa shape index (κ2) is 4.39. The van der Waals surface area contributed by atoms with E-state index >= 15 is 0 Å². The largest absolute Gasteiger partial charge is 0.479 e. The summed E-state index contributed by atoms with van der Waals surface area (Å²) in [6, 6.07) is -0.993. The summed E-state index contributed by atoms with van der Waals surface area (Å²) >= 11 is 1.37. The topological polar surface area (TPSA) is 70.5 Å². The summed E-state index contributed by atoms with van der Waals surface area (Å²) in [5.41, 5.74) is 0.405. The molecule has 0 spiro atoms. The maximum atomic E-state index is 11.1. The van der Waals surface area contributed by atoms with Crippen molar-refractivity contribution in [1.29, 1.82) is 0 Å². The number of aromatic nitrogens is 1. The third-order valence-corrected chi connectivity index (χ3v) is 2.83. The molecule has 1 N–H and O–H groups in total. The number of carbonyl (C=O) groups is 2. The molecule has 0 aliphatic carbocycles. The number of thiazole rings is 1. The molecule has 82 valence electrons. The van der Waals surface area contributed by atoms with Crippen LogP contribution >= 0.6 is 11.3 Å². The fraction of sp³-hybridized carbons (Fsp3) is 0.444. The van der Waals surface area contributed by atoms with Crippen molar-refractivity contribution in [2.45, 2.75) is 19.9 Å². The van der Waals surface area contributed by atoms with Gasteiger partial charge in [0.1, 0.15) is 0 Å². The van der Waals surface area contributed by atoms with E-state index in [1.807, 2.05) is 0 Å². The Hall–Kier alpha value is -1.43. The zero-order valence-electron chi connectivity index (χ0n) is 8.72. The van der Waals surface area contributed by atoms with Gasteiger partial charge in [0.2, 0.25) is 5.91 Å². The smallest absolute Gasteiger partial charge is 0.332 e. The number of nitrogens with zero attached hydrogens (tertiary/aromatic N) is 2. The number of carboxylic acid groups (broad SMARTS) is 1. The fourth-order valence-electron chi connectivity index (χ4n) is 1.18. The molecule has 0 aliphatic heterocycles. The molecule has 1 atom stereocenters. The van der Waals surface area contributed by atoms with Crippen LogP contribution in [-0.4, -0.2) is 33.9 Å². The van der Waals surface area contributed by atoms with Gasteiger partial charge in [-0.05, 0) is 6.92 Å². The van der Waals surface area contributed by atoms with Gasteiger partial charge in [-0.1, -0.05) is 0 Å². The van der Waals surface area contributed by atoms with E-state index in [-0.39, 0.29) is 5.91 Å². The van der Waals surface area contributed by atoms with Crippen molar-refractivity contribution in [2.75, 3.05) is 7.05 Å². The van der Waals surface area contributed by atoms with Gasteiger partial charge in [0.25, 0.3) is 0 Å². The van der Waals surface area contributed by atoms with E-state index in [1.165, 1.54) is 25.3 Å². The van der Waals surface area contributed by atoms with E-state index in [0.29, 0.717) is 5.69 Å². The SMILES string of the molecule is CC(=O)N(C)C(C(=O)O)c1csc(C)n1. The molecule has 0 aliphatic rings. The Balaban J connectivity index is 3.03. The summed E-state index contributed by atoms with van der Waals surface area (Å²) in [6.45, 7) is 3.12. The Labute approximate surface area is 91.4 Å². The Bertz CT molecular complexity index is 388. The summed E-state index contributed by atoms with van der Waals surface area (Å²) in [5.74, 6) is -1.37. The number of hydrogen-bond acceptors (Lipinski definition) is 4. The molecule has 0 radical (unpaired) electrons. The minimum Gasteiger partial charge on any atom is -0.479 e. The first-order valence-electron chi connectivity index (χ1n) is 4.31. The highest BCUT2D eigenvalue weighted by Crippen LogP contribution is 2.21. The minimum absolute atomic E-state index is 0.298. The third kappa shape index (κ3) is 2.53. The number of aliphatic carboxylic acids is 1. The molecular formula is C9H12N2O3S. The number of amides is 1. The molecule has 1 heterocycles. The molecular weight excluding hydrogens is 216 g/mol. The van der Waals surface area contributed by atoms with Gasteiger partial charge in [-0.2, -0.15) is 0 Å². The van der Waals surface area contributed by atoms with Crippen LogP contribution in [-0.2, 0) is 9.59 Å². The molecule has 0 saturated heterocycles. The van der Waals surface area contributed by atoms with Crippen LogP contribution in [0.2, 0.25) is 0 Å². The van der Waals surface area contributed by atoms with Crippen LogP contribution in [0, 0.1) is 6.92 Å². The lowest BCUT2D eigenvalue weighted by molar-refractivity contribution is -0.148. The zero-order valence-corrected chi connectivity index (χ0v) is 9.54. The van der Waals surface area contributed by atoms with Crippen LogP contribution in [0.25, 0.3) is 0 Å². The highest BCUT2D eigenvalue weighted by atomic mass is 32.1. The lowest BCUT2D eigenvalue weighted by atomic mass is 10.2. The van der Waals surface area contributed by atoms with Crippen LogP contribution in [0.5, 0.6) is 0 Å². The molecule has 1 aromatic heterocycles. The van der Waals surface area contributed by atoms with Crippen LogP contribution in [0.1, 0.15) is 23.7 Å². The van der Waals surface area contributed by atoms with Crippen molar-refractivity contribution in [3.63, 3.8) is 0 Å². The van der Waals surface area contributed by atoms with Gasteiger partial charge in [-0.25, -0.2) is 9.78 Å². The number of aryl methyl sites for hydroxylation is 1. The van der Waals surface area contributed by atoms with E-state index in [0.717, 1.165) is 9.91 Å². The molecule has 1 rings (SSSR count). The van der Waals surface area contributed by atoms with Crippen molar-refractivity contribution in [1.82, 2.24) is 9.88 Å². The van der Waals surface area contributed by atoms with Gasteiger partial charge in [0.15, 0.2) is 6.04 Å². The summed E-state index contributed by atoms with van der Waals surface area (Å²) in [4.78, 5) is 27.4. The molecule has 6 heteroatoms. The second-order valence-electron chi connectivity index (χ2n) is 3.16. The first kappa shape index (κ1) is 11.6. The summed E-state index contributed by atoms with van der Waals surface area (Å²) in [6.07, 6.45) is 0. The van der Waals surface area contributed by atoms with Gasteiger partial charge in [-0.15, -0.1) is 11.3 Å². The van der Waals surface area contributed by atoms with E-state index in [4.69, 9.17) is 5.11 Å². The summed E-state index contributed by atoms with van der Waals surface area (Å²) < 4.78 is 0. The van der Waals surface area contributed by atoms with E-state index in [1.54, 1.807) is 12.3 Å². The van der Waals surface area contributed by atoms with E-state index < -0.39 is 12.0 Å². The molecule has 1 unspecified atom stereocenters. The maximum Gasteiger partial charge on any atom is 0.332 e. The average Bonchev–Trinajstić information content (AvgIpc) is 2.51. The highest BCUT2D eigenvalue weighted by Gasteiger charge is 2.28. The number of rotatable bonds is 3.